The van der Waals surface area contributed by atoms with Crippen LogP contribution in [-0.2, 0) is 0 Å². The van der Waals surface area contributed by atoms with Gasteiger partial charge < -0.3 is 18.9 Å². The topological polar surface area (TPSA) is 71.1 Å². The number of fused-ring (bicyclic) bond motifs is 1. The smallest absolute Gasteiger partial charge is 0.343 e. The van der Waals surface area contributed by atoms with Crippen molar-refractivity contribution in [2.45, 2.75) is 0 Å². The van der Waals surface area contributed by atoms with Gasteiger partial charge in [0.1, 0.15) is 23.0 Å². The number of esters is 1. The van der Waals surface area contributed by atoms with Crippen LogP contribution in [0.25, 0.3) is 6.08 Å². The highest BCUT2D eigenvalue weighted by Crippen LogP contribution is 2.35. The summed E-state index contributed by atoms with van der Waals surface area (Å²) >= 11 is 5.89. The predicted octanol–water partition coefficient (Wildman–Crippen LogP) is 5.19. The first kappa shape index (κ1) is 20.5. The molecule has 0 fully saturated rings. The maximum absolute atomic E-state index is 12.6. The van der Waals surface area contributed by atoms with E-state index in [1.165, 1.54) is 20.3 Å². The second-order valence-corrected chi connectivity index (χ2v) is 7.08. The third kappa shape index (κ3) is 4.39. The van der Waals surface area contributed by atoms with Crippen LogP contribution in [-0.4, -0.2) is 26.0 Å². The first-order chi connectivity index (χ1) is 15.0. The lowest BCUT2D eigenvalue weighted by Crippen LogP contribution is -2.09. The normalized spacial score (nSPS) is 13.5. The monoisotopic (exact) mass is 436 g/mol. The molecule has 3 aromatic rings. The third-order valence-corrected chi connectivity index (χ3v) is 4.86. The van der Waals surface area contributed by atoms with Crippen LogP contribution in [0, 0.1) is 0 Å². The molecular weight excluding hydrogens is 420 g/mol. The summed E-state index contributed by atoms with van der Waals surface area (Å²) in [6.45, 7) is 0. The molecule has 6 nitrogen and oxygen atoms in total. The summed E-state index contributed by atoms with van der Waals surface area (Å²) in [6, 6.07) is 16.4. The Bertz CT molecular complexity index is 1170. The summed E-state index contributed by atoms with van der Waals surface area (Å²) in [7, 11) is 2.99. The van der Waals surface area contributed by atoms with Gasteiger partial charge in [-0.1, -0.05) is 23.7 Å². The molecule has 1 heterocycles. The molecule has 4 rings (SSSR count). The van der Waals surface area contributed by atoms with Crippen molar-refractivity contribution in [1.82, 2.24) is 0 Å². The summed E-state index contributed by atoms with van der Waals surface area (Å²) in [5.41, 5.74) is 1.43. The van der Waals surface area contributed by atoms with Gasteiger partial charge in [-0.05, 0) is 48.0 Å². The predicted molar refractivity (Wildman–Crippen MR) is 115 cm³/mol. The van der Waals surface area contributed by atoms with E-state index in [2.05, 4.69) is 0 Å². The van der Waals surface area contributed by atoms with Gasteiger partial charge in [0.2, 0.25) is 5.78 Å². The Labute approximate surface area is 183 Å². The van der Waals surface area contributed by atoms with Gasteiger partial charge in [0, 0.05) is 17.2 Å². The molecule has 0 saturated carbocycles. The van der Waals surface area contributed by atoms with E-state index in [1.807, 2.05) is 0 Å². The average molecular weight is 437 g/mol. The van der Waals surface area contributed by atoms with Crippen molar-refractivity contribution in [2.75, 3.05) is 14.2 Å². The molecular formula is C24H17ClO6. The number of benzene rings is 3. The number of carbonyl (C=O) groups is 2. The van der Waals surface area contributed by atoms with Gasteiger partial charge in [0.25, 0.3) is 0 Å². The zero-order valence-corrected chi connectivity index (χ0v) is 17.4. The summed E-state index contributed by atoms with van der Waals surface area (Å²) in [5, 5.41) is 0.601. The molecule has 7 heteroatoms. The van der Waals surface area contributed by atoms with E-state index in [1.54, 1.807) is 60.7 Å². The van der Waals surface area contributed by atoms with Crippen LogP contribution in [0.5, 0.6) is 23.0 Å². The van der Waals surface area contributed by atoms with E-state index in [0.717, 1.165) is 5.56 Å². The molecule has 0 N–H and O–H groups in total. The first-order valence-corrected chi connectivity index (χ1v) is 9.64. The minimum absolute atomic E-state index is 0.179. The van der Waals surface area contributed by atoms with Crippen molar-refractivity contribution in [3.05, 3.63) is 88.1 Å². The average Bonchev–Trinajstić information content (AvgIpc) is 3.09. The molecule has 0 aliphatic carbocycles. The van der Waals surface area contributed by atoms with E-state index in [0.29, 0.717) is 27.8 Å². The first-order valence-electron chi connectivity index (χ1n) is 9.26. The van der Waals surface area contributed by atoms with Crippen LogP contribution in [0.1, 0.15) is 26.3 Å². The number of ether oxygens (including phenoxy) is 4. The third-order valence-electron chi connectivity index (χ3n) is 4.61. The van der Waals surface area contributed by atoms with Gasteiger partial charge in [-0.25, -0.2) is 4.79 Å². The Morgan fingerprint density at radius 2 is 1.58 bits per heavy atom. The maximum Gasteiger partial charge on any atom is 0.343 e. The number of hydrogen-bond donors (Lipinski definition) is 0. The van der Waals surface area contributed by atoms with Gasteiger partial charge in [-0.2, -0.15) is 0 Å². The van der Waals surface area contributed by atoms with Crippen molar-refractivity contribution < 1.29 is 28.5 Å². The Morgan fingerprint density at radius 1 is 0.903 bits per heavy atom. The van der Waals surface area contributed by atoms with Gasteiger partial charge >= 0.3 is 5.97 Å². The highest BCUT2D eigenvalue weighted by atomic mass is 35.5. The van der Waals surface area contributed by atoms with Crippen LogP contribution in [0.2, 0.25) is 5.02 Å². The van der Waals surface area contributed by atoms with Crippen LogP contribution >= 0.6 is 11.6 Å². The van der Waals surface area contributed by atoms with Crippen LogP contribution in [0.15, 0.2) is 66.4 Å². The van der Waals surface area contributed by atoms with Crippen LogP contribution < -0.4 is 18.9 Å². The van der Waals surface area contributed by atoms with E-state index in [9.17, 15) is 9.59 Å². The fourth-order valence-corrected chi connectivity index (χ4v) is 3.16. The van der Waals surface area contributed by atoms with Crippen molar-refractivity contribution in [3.8, 4) is 23.0 Å². The van der Waals surface area contributed by atoms with E-state index < -0.39 is 5.97 Å². The van der Waals surface area contributed by atoms with Gasteiger partial charge in [-0.3, -0.25) is 4.79 Å². The molecule has 1 aliphatic heterocycles. The molecule has 0 atom stereocenters. The zero-order valence-electron chi connectivity index (χ0n) is 16.7. The molecule has 0 radical (unpaired) electrons. The molecule has 0 amide bonds. The second-order valence-electron chi connectivity index (χ2n) is 6.64. The lowest BCUT2D eigenvalue weighted by Gasteiger charge is -2.09. The van der Waals surface area contributed by atoms with E-state index in [-0.39, 0.29) is 22.9 Å². The van der Waals surface area contributed by atoms with E-state index in [4.69, 9.17) is 30.5 Å². The summed E-state index contributed by atoms with van der Waals surface area (Å²) in [6.07, 6.45) is 1.63. The van der Waals surface area contributed by atoms with E-state index >= 15 is 0 Å². The molecule has 0 aromatic heterocycles. The fourth-order valence-electron chi connectivity index (χ4n) is 3.03. The summed E-state index contributed by atoms with van der Waals surface area (Å²) in [5.74, 6) is 0.819. The number of ketones is 1. The number of allylic oxidation sites excluding steroid dienone is 1. The fraction of sp³-hybridized carbons (Fsp3) is 0.0833. The maximum atomic E-state index is 12.6. The molecule has 0 unspecified atom stereocenters. The number of Topliss-reactive ketones (excluding diaryl/α,β-unsaturated/α-hetero) is 1. The number of rotatable bonds is 5. The molecule has 3 aromatic carbocycles. The van der Waals surface area contributed by atoms with Crippen molar-refractivity contribution in [3.63, 3.8) is 0 Å². The largest absolute Gasteiger partial charge is 0.497 e. The van der Waals surface area contributed by atoms with Crippen molar-refractivity contribution in [1.29, 1.82) is 0 Å². The number of carbonyl (C=O) groups excluding carboxylic acids is 2. The number of halogens is 1. The molecule has 0 saturated heterocycles. The summed E-state index contributed by atoms with van der Waals surface area (Å²) < 4.78 is 21.5. The molecule has 156 valence electrons. The Kier molecular flexibility index (Phi) is 5.64. The molecule has 0 bridgehead atoms. The Hall–Kier alpha value is -3.77. The van der Waals surface area contributed by atoms with Crippen molar-refractivity contribution >= 4 is 29.4 Å². The summed E-state index contributed by atoms with van der Waals surface area (Å²) in [4.78, 5) is 25.2. The second kappa shape index (κ2) is 8.53. The highest BCUT2D eigenvalue weighted by molar-refractivity contribution is 6.30. The zero-order chi connectivity index (χ0) is 22.0. The minimum atomic E-state index is -0.599. The SMILES string of the molecule is COc1cc(OC)cc(C(=O)Oc2ccc3c(c2)O/C(=C\c2ccc(Cl)cc2)C3=O)c1. The molecule has 31 heavy (non-hydrogen) atoms. The van der Waals surface area contributed by atoms with Crippen LogP contribution in [0.3, 0.4) is 0 Å². The number of methoxy groups -OCH3 is 2. The Morgan fingerprint density at radius 3 is 2.23 bits per heavy atom. The Balaban J connectivity index is 1.55. The lowest BCUT2D eigenvalue weighted by atomic mass is 10.1. The van der Waals surface area contributed by atoms with Crippen LogP contribution in [0.4, 0.5) is 0 Å². The molecule has 1 aliphatic rings. The molecule has 0 spiro atoms. The standard InChI is InChI=1S/C24H17ClO6/c1-28-18-10-15(11-19(12-18)29-2)24(27)30-17-7-8-20-21(13-17)31-22(23(20)26)9-14-3-5-16(25)6-4-14/h3-13H,1-2H3/b22-9-. The van der Waals surface area contributed by atoms with Crippen molar-refractivity contribution in [2.24, 2.45) is 0 Å². The minimum Gasteiger partial charge on any atom is -0.497 e. The quantitative estimate of drug-likeness (QED) is 0.311. The van der Waals surface area contributed by atoms with Gasteiger partial charge in [-0.15, -0.1) is 0 Å². The van der Waals surface area contributed by atoms with Gasteiger partial charge in [0.05, 0.1) is 25.3 Å². The number of hydrogen-bond acceptors (Lipinski definition) is 6. The van der Waals surface area contributed by atoms with Gasteiger partial charge in [0.15, 0.2) is 5.76 Å². The highest BCUT2D eigenvalue weighted by Gasteiger charge is 2.28. The lowest BCUT2D eigenvalue weighted by molar-refractivity contribution is 0.0733.